The van der Waals surface area contributed by atoms with Gasteiger partial charge in [0.1, 0.15) is 0 Å². The average Bonchev–Trinajstić information content (AvgIpc) is 2.90. The molecule has 2 aliphatic rings. The van der Waals surface area contributed by atoms with Crippen molar-refractivity contribution in [2.24, 2.45) is 17.8 Å². The molecule has 1 saturated heterocycles. The maximum atomic E-state index is 11.0. The molecule has 0 bridgehead atoms. The van der Waals surface area contributed by atoms with Crippen LogP contribution >= 0.6 is 11.6 Å². The van der Waals surface area contributed by atoms with Gasteiger partial charge in [-0.3, -0.25) is 4.79 Å². The first-order valence-corrected chi connectivity index (χ1v) is 6.22. The number of halogens is 1. The molecule has 1 aromatic rings. The molecule has 0 amide bonds. The van der Waals surface area contributed by atoms with Crippen molar-refractivity contribution in [3.8, 4) is 0 Å². The summed E-state index contributed by atoms with van der Waals surface area (Å²) in [4.78, 5) is 13.2. The van der Waals surface area contributed by atoms with Gasteiger partial charge in [-0.1, -0.05) is 17.7 Å². The largest absolute Gasteiger partial charge is 0.481 e. The van der Waals surface area contributed by atoms with E-state index in [9.17, 15) is 4.79 Å². The molecule has 3 nitrogen and oxygen atoms in total. The standard InChI is InChI=1S/C13H14ClNO2/c1-7-11-10(12(11)13(16)17)6-15(7)9-4-2-3-8(14)5-9/h2-5,7,10-12H,6H2,1H3,(H,16,17)/t7-,10+,11-,12-/m1/s1. The number of fused-ring (bicyclic) bond motifs is 1. The summed E-state index contributed by atoms with van der Waals surface area (Å²) in [6.07, 6.45) is 0. The van der Waals surface area contributed by atoms with Crippen LogP contribution in [0.4, 0.5) is 5.69 Å². The minimum absolute atomic E-state index is 0.125. The summed E-state index contributed by atoms with van der Waals surface area (Å²) in [6, 6.07) is 8.05. The lowest BCUT2D eigenvalue weighted by molar-refractivity contribution is -0.139. The van der Waals surface area contributed by atoms with Crippen LogP contribution in [0.5, 0.6) is 0 Å². The summed E-state index contributed by atoms with van der Waals surface area (Å²) in [5.41, 5.74) is 1.10. The number of carboxylic acid groups (broad SMARTS) is 1. The van der Waals surface area contributed by atoms with Crippen LogP contribution in [0.25, 0.3) is 0 Å². The Bertz CT molecular complexity index is 476. The number of hydrogen-bond donors (Lipinski definition) is 1. The predicted octanol–water partition coefficient (Wildman–Crippen LogP) is 2.50. The van der Waals surface area contributed by atoms with Crippen molar-refractivity contribution < 1.29 is 9.90 Å². The van der Waals surface area contributed by atoms with Gasteiger partial charge < -0.3 is 10.0 Å². The fourth-order valence-corrected chi connectivity index (χ4v) is 3.42. The van der Waals surface area contributed by atoms with Crippen LogP contribution in [0.15, 0.2) is 24.3 Å². The molecule has 1 heterocycles. The van der Waals surface area contributed by atoms with Gasteiger partial charge >= 0.3 is 5.97 Å². The van der Waals surface area contributed by atoms with Gasteiger partial charge in [-0.2, -0.15) is 0 Å². The molecule has 17 heavy (non-hydrogen) atoms. The van der Waals surface area contributed by atoms with E-state index >= 15 is 0 Å². The highest BCUT2D eigenvalue weighted by Crippen LogP contribution is 2.56. The molecule has 1 N–H and O–H groups in total. The lowest BCUT2D eigenvalue weighted by Crippen LogP contribution is -2.33. The Morgan fingerprint density at radius 1 is 1.53 bits per heavy atom. The third-order valence-electron chi connectivity index (χ3n) is 4.11. The summed E-state index contributed by atoms with van der Waals surface area (Å²) in [5.74, 6) is -0.133. The van der Waals surface area contributed by atoms with E-state index in [-0.39, 0.29) is 5.92 Å². The van der Waals surface area contributed by atoms with Gasteiger partial charge in [0.15, 0.2) is 0 Å². The van der Waals surface area contributed by atoms with Crippen molar-refractivity contribution in [3.05, 3.63) is 29.3 Å². The molecule has 0 aromatic heterocycles. The van der Waals surface area contributed by atoms with Crippen LogP contribution in [0.1, 0.15) is 6.92 Å². The second kappa shape index (κ2) is 3.64. The highest BCUT2D eigenvalue weighted by atomic mass is 35.5. The van der Waals surface area contributed by atoms with Gasteiger partial charge in [0, 0.05) is 23.3 Å². The van der Waals surface area contributed by atoms with E-state index in [1.165, 1.54) is 0 Å². The second-order valence-electron chi connectivity index (χ2n) is 4.98. The minimum atomic E-state index is -0.641. The van der Waals surface area contributed by atoms with Crippen molar-refractivity contribution in [1.82, 2.24) is 0 Å². The summed E-state index contributed by atoms with van der Waals surface area (Å²) >= 11 is 5.98. The Hall–Kier alpha value is -1.22. The maximum absolute atomic E-state index is 11.0. The normalized spacial score (nSPS) is 34.6. The SMILES string of the molecule is C[C@@H]1[C@@H]2[C@H](CN1c1cccc(Cl)c1)[C@H]2C(=O)O. The smallest absolute Gasteiger partial charge is 0.307 e. The molecular weight excluding hydrogens is 238 g/mol. The van der Waals surface area contributed by atoms with Crippen molar-refractivity contribution in [3.63, 3.8) is 0 Å². The zero-order valence-electron chi connectivity index (χ0n) is 9.51. The molecule has 90 valence electrons. The van der Waals surface area contributed by atoms with Crippen LogP contribution in [-0.2, 0) is 4.79 Å². The molecule has 0 radical (unpaired) electrons. The van der Waals surface area contributed by atoms with Crippen molar-refractivity contribution in [2.45, 2.75) is 13.0 Å². The van der Waals surface area contributed by atoms with Gasteiger partial charge in [0.2, 0.25) is 0 Å². The average molecular weight is 252 g/mol. The summed E-state index contributed by atoms with van der Waals surface area (Å²) < 4.78 is 0. The molecule has 3 rings (SSSR count). The number of hydrogen-bond acceptors (Lipinski definition) is 2. The first kappa shape index (κ1) is 10.9. The molecule has 2 fully saturated rings. The van der Waals surface area contributed by atoms with Crippen LogP contribution in [-0.4, -0.2) is 23.7 Å². The Morgan fingerprint density at radius 2 is 2.29 bits per heavy atom. The van der Waals surface area contributed by atoms with Crippen LogP contribution in [0, 0.1) is 17.8 Å². The number of nitrogens with zero attached hydrogens (tertiary/aromatic N) is 1. The van der Waals surface area contributed by atoms with E-state index in [2.05, 4.69) is 11.8 Å². The number of carbonyl (C=O) groups is 1. The molecule has 0 unspecified atom stereocenters. The Morgan fingerprint density at radius 3 is 2.82 bits per heavy atom. The van der Waals surface area contributed by atoms with Crippen LogP contribution < -0.4 is 4.90 Å². The fraction of sp³-hybridized carbons (Fsp3) is 0.462. The molecule has 1 aliphatic carbocycles. The Balaban J connectivity index is 1.80. The molecule has 1 aliphatic heterocycles. The fourth-order valence-electron chi connectivity index (χ4n) is 3.24. The van der Waals surface area contributed by atoms with Crippen LogP contribution in [0.3, 0.4) is 0 Å². The summed E-state index contributed by atoms with van der Waals surface area (Å²) in [5, 5.41) is 9.77. The Labute approximate surface area is 105 Å². The number of piperidine rings is 1. The first-order valence-electron chi connectivity index (χ1n) is 5.84. The van der Waals surface area contributed by atoms with E-state index in [0.717, 1.165) is 17.3 Å². The molecule has 4 atom stereocenters. The van der Waals surface area contributed by atoms with Crippen molar-refractivity contribution in [1.29, 1.82) is 0 Å². The van der Waals surface area contributed by atoms with E-state index in [0.29, 0.717) is 17.9 Å². The Kier molecular flexibility index (Phi) is 2.33. The summed E-state index contributed by atoms with van der Waals surface area (Å²) in [7, 11) is 0. The molecule has 0 spiro atoms. The first-order chi connectivity index (χ1) is 8.09. The maximum Gasteiger partial charge on any atom is 0.307 e. The quantitative estimate of drug-likeness (QED) is 0.878. The van der Waals surface area contributed by atoms with Crippen molar-refractivity contribution in [2.75, 3.05) is 11.4 Å². The summed E-state index contributed by atoms with van der Waals surface area (Å²) in [6.45, 7) is 2.94. The topological polar surface area (TPSA) is 40.5 Å². The van der Waals surface area contributed by atoms with E-state index in [1.54, 1.807) is 0 Å². The van der Waals surface area contributed by atoms with E-state index in [4.69, 9.17) is 16.7 Å². The predicted molar refractivity (Wildman–Crippen MR) is 66.4 cm³/mol. The number of anilines is 1. The van der Waals surface area contributed by atoms with Crippen molar-refractivity contribution >= 4 is 23.3 Å². The van der Waals surface area contributed by atoms with Gasteiger partial charge in [-0.15, -0.1) is 0 Å². The van der Waals surface area contributed by atoms with Gasteiger partial charge in [-0.05, 0) is 37.0 Å². The number of carboxylic acids is 1. The highest BCUT2D eigenvalue weighted by Gasteiger charge is 2.63. The molecule has 1 saturated carbocycles. The minimum Gasteiger partial charge on any atom is -0.481 e. The second-order valence-corrected chi connectivity index (χ2v) is 5.41. The molecule has 1 aromatic carbocycles. The number of rotatable bonds is 2. The molecular formula is C13H14ClNO2. The lowest BCUT2D eigenvalue weighted by Gasteiger charge is -2.27. The molecule has 4 heteroatoms. The van der Waals surface area contributed by atoms with Gasteiger partial charge in [0.25, 0.3) is 0 Å². The van der Waals surface area contributed by atoms with Gasteiger partial charge in [-0.25, -0.2) is 0 Å². The van der Waals surface area contributed by atoms with Crippen LogP contribution in [0.2, 0.25) is 5.02 Å². The van der Waals surface area contributed by atoms with Gasteiger partial charge in [0.05, 0.1) is 5.92 Å². The lowest BCUT2D eigenvalue weighted by atomic mass is 10.1. The van der Waals surface area contributed by atoms with E-state index in [1.807, 2.05) is 24.3 Å². The van der Waals surface area contributed by atoms with E-state index < -0.39 is 5.97 Å². The number of aliphatic carboxylic acids is 1. The highest BCUT2D eigenvalue weighted by molar-refractivity contribution is 6.30. The zero-order chi connectivity index (χ0) is 12.2. The zero-order valence-corrected chi connectivity index (χ0v) is 10.3. The third-order valence-corrected chi connectivity index (χ3v) is 4.35. The third kappa shape index (κ3) is 1.61. The monoisotopic (exact) mass is 251 g/mol. The number of benzene rings is 1.